The molecule has 36 heavy (non-hydrogen) atoms. The Kier molecular flexibility index (Phi) is 6.51. The van der Waals surface area contributed by atoms with Crippen molar-refractivity contribution in [2.24, 2.45) is 0 Å². The third kappa shape index (κ3) is 4.14. The molecule has 1 aromatic carbocycles. The van der Waals surface area contributed by atoms with Crippen molar-refractivity contribution < 1.29 is 24.2 Å². The summed E-state index contributed by atoms with van der Waals surface area (Å²) in [5, 5.41) is 11.5. The van der Waals surface area contributed by atoms with Crippen LogP contribution in [0.4, 0.5) is 0 Å². The van der Waals surface area contributed by atoms with Crippen molar-refractivity contribution in [3.8, 4) is 5.75 Å². The van der Waals surface area contributed by atoms with Gasteiger partial charge >= 0.3 is 0 Å². The summed E-state index contributed by atoms with van der Waals surface area (Å²) in [5.74, 6) is -1.01. The first-order valence-corrected chi connectivity index (χ1v) is 12.1. The quantitative estimate of drug-likeness (QED) is 0.322. The second-order valence-electron chi connectivity index (χ2n) is 9.15. The number of hydrogen-bond acceptors (Lipinski definition) is 7. The van der Waals surface area contributed by atoms with E-state index in [-0.39, 0.29) is 11.3 Å². The fraction of sp³-hybridized carbons (Fsp3) is 0.370. The molecular weight excluding hydrogens is 460 g/mol. The molecule has 9 nitrogen and oxygen atoms in total. The SMILES string of the molecule is COc1cccc(C2/C(=C(\O)c3nc4c(C)cccn4c3C)C(=O)C(=O)N2CCN2CCOCC2)c1. The summed E-state index contributed by atoms with van der Waals surface area (Å²) in [6.45, 7) is 7.54. The highest BCUT2D eigenvalue weighted by Crippen LogP contribution is 2.40. The van der Waals surface area contributed by atoms with Gasteiger partial charge in [-0.2, -0.15) is 0 Å². The molecule has 0 radical (unpaired) electrons. The average molecular weight is 491 g/mol. The second-order valence-corrected chi connectivity index (χ2v) is 9.15. The maximum atomic E-state index is 13.4. The minimum Gasteiger partial charge on any atom is -0.505 e. The Bertz CT molecular complexity index is 1360. The van der Waals surface area contributed by atoms with Crippen LogP contribution in [0.5, 0.6) is 5.75 Å². The van der Waals surface area contributed by atoms with E-state index in [2.05, 4.69) is 9.88 Å². The fourth-order valence-electron chi connectivity index (χ4n) is 5.02. The molecule has 5 rings (SSSR count). The normalized spacial score (nSPS) is 20.4. The molecule has 4 heterocycles. The number of aliphatic hydroxyl groups excluding tert-OH is 1. The third-order valence-corrected chi connectivity index (χ3v) is 7.02. The summed E-state index contributed by atoms with van der Waals surface area (Å²) in [6, 6.07) is 10.3. The number of ketones is 1. The van der Waals surface area contributed by atoms with Crippen LogP contribution in [0.1, 0.15) is 28.6 Å². The minimum absolute atomic E-state index is 0.0411. The van der Waals surface area contributed by atoms with Crippen molar-refractivity contribution >= 4 is 23.1 Å². The van der Waals surface area contributed by atoms with Gasteiger partial charge in [-0.05, 0) is 43.2 Å². The van der Waals surface area contributed by atoms with E-state index in [1.54, 1.807) is 24.1 Å². The Labute approximate surface area is 209 Å². The Morgan fingerprint density at radius 2 is 1.92 bits per heavy atom. The second kappa shape index (κ2) is 9.75. The molecule has 1 amide bonds. The number of fused-ring (bicyclic) bond motifs is 1. The predicted molar refractivity (Wildman–Crippen MR) is 134 cm³/mol. The number of aliphatic hydroxyl groups is 1. The summed E-state index contributed by atoms with van der Waals surface area (Å²) in [4.78, 5) is 35.1. The summed E-state index contributed by atoms with van der Waals surface area (Å²) in [7, 11) is 1.57. The van der Waals surface area contributed by atoms with Gasteiger partial charge in [0.25, 0.3) is 11.7 Å². The van der Waals surface area contributed by atoms with Crippen molar-refractivity contribution in [2.75, 3.05) is 46.5 Å². The molecule has 2 aliphatic rings. The number of methoxy groups -OCH3 is 1. The van der Waals surface area contributed by atoms with E-state index in [4.69, 9.17) is 9.47 Å². The minimum atomic E-state index is -0.758. The van der Waals surface area contributed by atoms with Gasteiger partial charge in [0, 0.05) is 32.4 Å². The lowest BCUT2D eigenvalue weighted by molar-refractivity contribution is -0.140. The van der Waals surface area contributed by atoms with Crippen LogP contribution in [0.25, 0.3) is 11.4 Å². The molecule has 0 aliphatic carbocycles. The number of carbonyl (C=O) groups is 2. The van der Waals surface area contributed by atoms with E-state index >= 15 is 0 Å². The van der Waals surface area contributed by atoms with Crippen LogP contribution in [-0.2, 0) is 14.3 Å². The lowest BCUT2D eigenvalue weighted by atomic mass is 9.96. The van der Waals surface area contributed by atoms with E-state index in [0.717, 1.165) is 18.7 Å². The van der Waals surface area contributed by atoms with Gasteiger partial charge in [-0.15, -0.1) is 0 Å². The first-order valence-electron chi connectivity index (χ1n) is 12.1. The van der Waals surface area contributed by atoms with Crippen LogP contribution < -0.4 is 4.74 Å². The molecule has 9 heteroatoms. The van der Waals surface area contributed by atoms with Crippen molar-refractivity contribution in [1.29, 1.82) is 0 Å². The molecule has 2 saturated heterocycles. The van der Waals surface area contributed by atoms with Gasteiger partial charge in [-0.1, -0.05) is 18.2 Å². The van der Waals surface area contributed by atoms with Gasteiger partial charge in [0.15, 0.2) is 5.76 Å². The van der Waals surface area contributed by atoms with Crippen LogP contribution in [-0.4, -0.2) is 82.5 Å². The molecule has 1 unspecified atom stereocenters. The van der Waals surface area contributed by atoms with Crippen molar-refractivity contribution in [1.82, 2.24) is 19.2 Å². The molecule has 0 saturated carbocycles. The molecule has 2 aromatic heterocycles. The topological polar surface area (TPSA) is 96.6 Å². The van der Waals surface area contributed by atoms with Crippen molar-refractivity contribution in [3.05, 3.63) is 70.7 Å². The number of rotatable bonds is 6. The van der Waals surface area contributed by atoms with E-state index in [9.17, 15) is 14.7 Å². The summed E-state index contributed by atoms with van der Waals surface area (Å²) in [5.41, 5.74) is 3.35. The number of likely N-dealkylation sites (tertiary alicyclic amines) is 1. The number of nitrogens with zero attached hydrogens (tertiary/aromatic N) is 4. The third-order valence-electron chi connectivity index (χ3n) is 7.02. The van der Waals surface area contributed by atoms with Gasteiger partial charge in [0.05, 0.1) is 37.6 Å². The zero-order valence-corrected chi connectivity index (χ0v) is 20.7. The van der Waals surface area contributed by atoms with Crippen LogP contribution in [0.15, 0.2) is 48.2 Å². The fourth-order valence-corrected chi connectivity index (χ4v) is 5.02. The number of benzene rings is 1. The monoisotopic (exact) mass is 490 g/mol. The summed E-state index contributed by atoms with van der Waals surface area (Å²) < 4.78 is 12.7. The van der Waals surface area contributed by atoms with Crippen LogP contribution in [0.3, 0.4) is 0 Å². The Morgan fingerprint density at radius 1 is 1.14 bits per heavy atom. The standard InChI is InChI=1S/C27H30N4O5/c1-17-6-5-9-30-18(2)22(28-26(17)30)24(32)21-23(19-7-4-8-20(16-19)35-3)31(27(34)25(21)33)11-10-29-12-14-36-15-13-29/h4-9,16,23,32H,10-15H2,1-3H3/b24-21+. The van der Waals surface area contributed by atoms with Crippen molar-refractivity contribution in [3.63, 3.8) is 0 Å². The van der Waals surface area contributed by atoms with Crippen molar-refractivity contribution in [2.45, 2.75) is 19.9 Å². The van der Waals surface area contributed by atoms with Gasteiger partial charge < -0.3 is 23.9 Å². The molecule has 188 valence electrons. The number of morpholine rings is 1. The smallest absolute Gasteiger partial charge is 0.295 e. The van der Waals surface area contributed by atoms with Gasteiger partial charge in [0.1, 0.15) is 17.1 Å². The van der Waals surface area contributed by atoms with Gasteiger partial charge in [-0.3, -0.25) is 14.5 Å². The largest absolute Gasteiger partial charge is 0.505 e. The number of aromatic nitrogens is 2. The summed E-state index contributed by atoms with van der Waals surface area (Å²) >= 11 is 0. The molecule has 2 fully saturated rings. The molecule has 0 bridgehead atoms. The number of imidazole rings is 1. The number of aryl methyl sites for hydroxylation is 2. The maximum absolute atomic E-state index is 13.4. The molecule has 1 N–H and O–H groups in total. The van der Waals surface area contributed by atoms with Gasteiger partial charge in [-0.25, -0.2) is 4.98 Å². The highest BCUT2D eigenvalue weighted by Gasteiger charge is 2.46. The van der Waals surface area contributed by atoms with E-state index in [1.165, 1.54) is 0 Å². The van der Waals surface area contributed by atoms with Gasteiger partial charge in [0.2, 0.25) is 0 Å². The zero-order chi connectivity index (χ0) is 25.4. The molecule has 1 atom stereocenters. The number of pyridine rings is 1. The number of carbonyl (C=O) groups excluding carboxylic acids is 2. The number of ether oxygens (including phenoxy) is 2. The Morgan fingerprint density at radius 3 is 2.64 bits per heavy atom. The van der Waals surface area contributed by atoms with E-state index in [1.807, 2.05) is 48.7 Å². The summed E-state index contributed by atoms with van der Waals surface area (Å²) in [6.07, 6.45) is 1.86. The average Bonchev–Trinajstić information content (AvgIpc) is 3.37. The number of hydrogen-bond donors (Lipinski definition) is 1. The highest BCUT2D eigenvalue weighted by molar-refractivity contribution is 6.46. The highest BCUT2D eigenvalue weighted by atomic mass is 16.5. The zero-order valence-electron chi connectivity index (χ0n) is 20.7. The molecule has 3 aromatic rings. The lowest BCUT2D eigenvalue weighted by Gasteiger charge is -2.31. The number of Topliss-reactive ketones (excluding diaryl/α,β-unsaturated/α-hetero) is 1. The van der Waals surface area contributed by atoms with Crippen LogP contribution in [0, 0.1) is 13.8 Å². The molecular formula is C27H30N4O5. The van der Waals surface area contributed by atoms with E-state index < -0.39 is 17.7 Å². The maximum Gasteiger partial charge on any atom is 0.295 e. The van der Waals surface area contributed by atoms with Crippen LogP contribution in [0.2, 0.25) is 0 Å². The van der Waals surface area contributed by atoms with Crippen LogP contribution >= 0.6 is 0 Å². The lowest BCUT2D eigenvalue weighted by Crippen LogP contribution is -2.42. The Hall–Kier alpha value is -3.69. The Balaban J connectivity index is 1.61. The predicted octanol–water partition coefficient (Wildman–Crippen LogP) is 2.71. The first kappa shape index (κ1) is 24.0. The molecule has 0 spiro atoms. The number of amides is 1. The first-order chi connectivity index (χ1) is 17.4. The van der Waals surface area contributed by atoms with E-state index in [0.29, 0.717) is 54.7 Å². The molecule has 2 aliphatic heterocycles.